The Kier molecular flexibility index (Phi) is 6.25. The summed E-state index contributed by atoms with van der Waals surface area (Å²) in [6.07, 6.45) is 1.38. The van der Waals surface area contributed by atoms with Crippen LogP contribution in [0.2, 0.25) is 0 Å². The van der Waals surface area contributed by atoms with E-state index < -0.39 is 6.10 Å². The van der Waals surface area contributed by atoms with Crippen molar-refractivity contribution >= 4 is 17.2 Å². The summed E-state index contributed by atoms with van der Waals surface area (Å²) < 4.78 is 5.56. The zero-order chi connectivity index (χ0) is 14.4. The lowest BCUT2D eigenvalue weighted by molar-refractivity contribution is -0.145. The van der Waals surface area contributed by atoms with Gasteiger partial charge >= 0.3 is 0 Å². The number of hydrogen-bond acceptors (Lipinski definition) is 3. The molecule has 0 spiro atoms. The highest BCUT2D eigenvalue weighted by Gasteiger charge is 2.21. The molecule has 1 rings (SSSR count). The van der Waals surface area contributed by atoms with Crippen LogP contribution in [0.5, 0.6) is 0 Å². The molecule has 1 amide bonds. The molecule has 3 nitrogen and oxygen atoms in total. The second-order valence-electron chi connectivity index (χ2n) is 4.85. The largest absolute Gasteiger partial charge is 0.366 e. The Morgan fingerprint density at radius 2 is 2.16 bits per heavy atom. The van der Waals surface area contributed by atoms with Gasteiger partial charge in [0.25, 0.3) is 5.91 Å². The van der Waals surface area contributed by atoms with E-state index in [9.17, 15) is 4.79 Å². The Hall–Kier alpha value is -1.13. The quantitative estimate of drug-likeness (QED) is 0.717. The predicted molar refractivity (Wildman–Crippen MR) is 80.4 cm³/mol. The van der Waals surface area contributed by atoms with Gasteiger partial charge in [-0.05, 0) is 39.8 Å². The summed E-state index contributed by atoms with van der Waals surface area (Å²) in [5.41, 5.74) is 0. The summed E-state index contributed by atoms with van der Waals surface area (Å²) in [5, 5.41) is 0. The molecule has 106 valence electrons. The summed E-state index contributed by atoms with van der Waals surface area (Å²) in [6, 6.07) is 4.14. The van der Waals surface area contributed by atoms with E-state index in [2.05, 4.69) is 25.6 Å². The van der Waals surface area contributed by atoms with Gasteiger partial charge in [0.05, 0.1) is 12.6 Å². The summed E-state index contributed by atoms with van der Waals surface area (Å²) >= 11 is 1.72. The SMILES string of the molecule is C=CCN(Cc1ccc(C)s1)C(=O)[C@@H](C)OC(C)C. The van der Waals surface area contributed by atoms with E-state index in [1.807, 2.05) is 13.8 Å². The highest BCUT2D eigenvalue weighted by Crippen LogP contribution is 2.18. The van der Waals surface area contributed by atoms with E-state index in [1.54, 1.807) is 29.2 Å². The van der Waals surface area contributed by atoms with Crippen molar-refractivity contribution in [1.82, 2.24) is 4.90 Å². The van der Waals surface area contributed by atoms with Crippen molar-refractivity contribution in [1.29, 1.82) is 0 Å². The first kappa shape index (κ1) is 15.9. The number of carbonyl (C=O) groups is 1. The van der Waals surface area contributed by atoms with E-state index in [4.69, 9.17) is 4.74 Å². The van der Waals surface area contributed by atoms with Gasteiger partial charge in [-0.25, -0.2) is 0 Å². The molecule has 19 heavy (non-hydrogen) atoms. The minimum Gasteiger partial charge on any atom is -0.366 e. The fourth-order valence-corrected chi connectivity index (χ4v) is 2.78. The van der Waals surface area contributed by atoms with Crippen LogP contribution >= 0.6 is 11.3 Å². The number of thiophene rings is 1. The molecule has 0 bridgehead atoms. The Balaban J connectivity index is 2.70. The number of aryl methyl sites for hydroxylation is 1. The lowest BCUT2D eigenvalue weighted by Crippen LogP contribution is -2.39. The van der Waals surface area contributed by atoms with Gasteiger partial charge in [-0.15, -0.1) is 17.9 Å². The number of rotatable bonds is 7. The molecule has 1 aromatic rings. The fourth-order valence-electron chi connectivity index (χ4n) is 1.87. The molecule has 0 N–H and O–H groups in total. The van der Waals surface area contributed by atoms with E-state index >= 15 is 0 Å². The molecule has 1 heterocycles. The molecule has 0 aliphatic heterocycles. The van der Waals surface area contributed by atoms with Gasteiger partial charge in [0, 0.05) is 16.3 Å². The molecule has 0 saturated carbocycles. The van der Waals surface area contributed by atoms with Gasteiger partial charge in [-0.3, -0.25) is 4.79 Å². The van der Waals surface area contributed by atoms with Gasteiger partial charge in [-0.1, -0.05) is 6.08 Å². The van der Waals surface area contributed by atoms with Crippen LogP contribution in [0.15, 0.2) is 24.8 Å². The van der Waals surface area contributed by atoms with Gasteiger partial charge in [0.2, 0.25) is 0 Å². The van der Waals surface area contributed by atoms with Crippen LogP contribution in [-0.2, 0) is 16.1 Å². The predicted octanol–water partition coefficient (Wildman–Crippen LogP) is 3.38. The standard InChI is InChI=1S/C15H23NO2S/c1-6-9-16(10-14-8-7-12(4)19-14)15(17)13(5)18-11(2)3/h6-8,11,13H,1,9-10H2,2-5H3/t13-/m1/s1. The van der Waals surface area contributed by atoms with Crippen molar-refractivity contribution in [2.75, 3.05) is 6.54 Å². The molecule has 0 aromatic carbocycles. The maximum atomic E-state index is 12.3. The number of hydrogen-bond donors (Lipinski definition) is 0. The summed E-state index contributed by atoms with van der Waals surface area (Å²) in [6.45, 7) is 12.6. The van der Waals surface area contributed by atoms with Crippen molar-refractivity contribution in [3.63, 3.8) is 0 Å². The second-order valence-corrected chi connectivity index (χ2v) is 6.22. The number of ether oxygens (including phenoxy) is 1. The van der Waals surface area contributed by atoms with Crippen LogP contribution in [0.25, 0.3) is 0 Å². The van der Waals surface area contributed by atoms with Gasteiger partial charge in [-0.2, -0.15) is 0 Å². The highest BCUT2D eigenvalue weighted by molar-refractivity contribution is 7.11. The highest BCUT2D eigenvalue weighted by atomic mass is 32.1. The van der Waals surface area contributed by atoms with Crippen LogP contribution in [0.1, 0.15) is 30.5 Å². The van der Waals surface area contributed by atoms with Crippen LogP contribution < -0.4 is 0 Å². The molecule has 0 saturated heterocycles. The minimum atomic E-state index is -0.416. The average Bonchev–Trinajstić information content (AvgIpc) is 2.72. The molecule has 0 fully saturated rings. The zero-order valence-electron chi connectivity index (χ0n) is 12.2. The molecule has 0 aliphatic carbocycles. The maximum absolute atomic E-state index is 12.3. The monoisotopic (exact) mass is 281 g/mol. The Morgan fingerprint density at radius 3 is 2.63 bits per heavy atom. The topological polar surface area (TPSA) is 29.5 Å². The average molecular weight is 281 g/mol. The van der Waals surface area contributed by atoms with Crippen molar-refractivity contribution in [2.45, 2.75) is 46.4 Å². The van der Waals surface area contributed by atoms with Crippen molar-refractivity contribution in [3.8, 4) is 0 Å². The molecule has 0 unspecified atom stereocenters. The molecule has 1 atom stereocenters. The molecular formula is C15H23NO2S. The van der Waals surface area contributed by atoms with E-state index in [-0.39, 0.29) is 12.0 Å². The van der Waals surface area contributed by atoms with Crippen LogP contribution in [0, 0.1) is 6.92 Å². The summed E-state index contributed by atoms with van der Waals surface area (Å²) in [7, 11) is 0. The van der Waals surface area contributed by atoms with Gasteiger partial charge < -0.3 is 9.64 Å². The lowest BCUT2D eigenvalue weighted by atomic mass is 10.3. The van der Waals surface area contributed by atoms with Crippen LogP contribution in [0.3, 0.4) is 0 Å². The van der Waals surface area contributed by atoms with Crippen molar-refractivity contribution in [3.05, 3.63) is 34.5 Å². The second kappa shape index (κ2) is 7.46. The minimum absolute atomic E-state index is 0.0136. The molecule has 1 aromatic heterocycles. The zero-order valence-corrected chi connectivity index (χ0v) is 13.0. The van der Waals surface area contributed by atoms with E-state index in [0.717, 1.165) is 0 Å². The van der Waals surface area contributed by atoms with Crippen molar-refractivity contribution in [2.24, 2.45) is 0 Å². The smallest absolute Gasteiger partial charge is 0.252 e. The first-order valence-corrected chi connectivity index (χ1v) is 7.36. The summed E-state index contributed by atoms with van der Waals surface area (Å²) in [5.74, 6) is 0.0136. The number of carbonyl (C=O) groups excluding carboxylic acids is 1. The van der Waals surface area contributed by atoms with Crippen LogP contribution in [-0.4, -0.2) is 29.6 Å². The van der Waals surface area contributed by atoms with Crippen molar-refractivity contribution < 1.29 is 9.53 Å². The molecular weight excluding hydrogens is 258 g/mol. The third-order valence-corrected chi connectivity index (χ3v) is 3.61. The number of nitrogens with zero attached hydrogens (tertiary/aromatic N) is 1. The maximum Gasteiger partial charge on any atom is 0.252 e. The molecule has 0 radical (unpaired) electrons. The Bertz CT molecular complexity index is 426. The van der Waals surface area contributed by atoms with E-state index in [0.29, 0.717) is 13.1 Å². The fraction of sp³-hybridized carbons (Fsp3) is 0.533. The molecule has 4 heteroatoms. The first-order valence-electron chi connectivity index (χ1n) is 6.54. The van der Waals surface area contributed by atoms with Crippen LogP contribution in [0.4, 0.5) is 0 Å². The van der Waals surface area contributed by atoms with Gasteiger partial charge in [0.15, 0.2) is 0 Å². The van der Waals surface area contributed by atoms with Gasteiger partial charge in [0.1, 0.15) is 6.10 Å². The first-order chi connectivity index (χ1) is 8.93. The summed E-state index contributed by atoms with van der Waals surface area (Å²) in [4.78, 5) is 16.6. The number of amides is 1. The third-order valence-electron chi connectivity index (χ3n) is 2.63. The third kappa shape index (κ3) is 5.17. The lowest BCUT2D eigenvalue weighted by Gasteiger charge is -2.25. The Morgan fingerprint density at radius 1 is 1.47 bits per heavy atom. The normalized spacial score (nSPS) is 12.5. The van der Waals surface area contributed by atoms with E-state index in [1.165, 1.54) is 9.75 Å². The Labute approximate surface area is 119 Å². The molecule has 0 aliphatic rings.